The highest BCUT2D eigenvalue weighted by molar-refractivity contribution is 8.26. The molecular formula is C17H19NO3S2. The third-order valence-electron chi connectivity index (χ3n) is 3.77. The average Bonchev–Trinajstić information content (AvgIpc) is 3.14. The van der Waals surface area contributed by atoms with Gasteiger partial charge in [-0.2, -0.15) is 0 Å². The molecule has 0 aliphatic carbocycles. The molecule has 4 nitrogen and oxygen atoms in total. The van der Waals surface area contributed by atoms with Gasteiger partial charge in [0.1, 0.15) is 10.1 Å². The van der Waals surface area contributed by atoms with Crippen molar-refractivity contribution in [2.75, 3.05) is 19.8 Å². The van der Waals surface area contributed by atoms with E-state index in [0.717, 1.165) is 30.8 Å². The zero-order valence-corrected chi connectivity index (χ0v) is 14.6. The number of amides is 1. The minimum Gasteiger partial charge on any atom is -0.494 e. The van der Waals surface area contributed by atoms with E-state index < -0.39 is 0 Å². The van der Waals surface area contributed by atoms with Gasteiger partial charge in [0.15, 0.2) is 0 Å². The number of hydrogen-bond acceptors (Lipinski definition) is 5. The first-order valence-corrected chi connectivity index (χ1v) is 8.99. The topological polar surface area (TPSA) is 38.8 Å². The number of thioether (sulfide) groups is 1. The number of rotatable bonds is 5. The minimum atomic E-state index is -0.0237. The number of thiocarbonyl (C=S) groups is 1. The molecule has 1 aromatic rings. The van der Waals surface area contributed by atoms with Crippen molar-refractivity contribution in [2.45, 2.75) is 25.9 Å². The van der Waals surface area contributed by atoms with Crippen LogP contribution in [0.3, 0.4) is 0 Å². The van der Waals surface area contributed by atoms with Crippen LogP contribution in [0.2, 0.25) is 0 Å². The second kappa shape index (κ2) is 7.47. The Bertz CT molecular complexity index is 621. The zero-order chi connectivity index (χ0) is 16.2. The second-order valence-electron chi connectivity index (χ2n) is 5.43. The van der Waals surface area contributed by atoms with Gasteiger partial charge in [0.25, 0.3) is 5.91 Å². The molecule has 1 aromatic carbocycles. The van der Waals surface area contributed by atoms with E-state index in [4.69, 9.17) is 21.7 Å². The fraction of sp³-hybridized carbons (Fsp3) is 0.412. The molecule has 2 saturated heterocycles. The fourth-order valence-corrected chi connectivity index (χ4v) is 3.90. The molecule has 122 valence electrons. The molecule has 0 bridgehead atoms. The van der Waals surface area contributed by atoms with Crippen molar-refractivity contribution in [3.8, 4) is 5.75 Å². The summed E-state index contributed by atoms with van der Waals surface area (Å²) in [7, 11) is 0. The maximum absolute atomic E-state index is 12.5. The lowest BCUT2D eigenvalue weighted by Gasteiger charge is -2.18. The average molecular weight is 349 g/mol. The molecular weight excluding hydrogens is 330 g/mol. The van der Waals surface area contributed by atoms with Crippen molar-refractivity contribution in [3.63, 3.8) is 0 Å². The van der Waals surface area contributed by atoms with Crippen LogP contribution in [-0.2, 0) is 9.53 Å². The fourth-order valence-electron chi connectivity index (χ4n) is 2.63. The van der Waals surface area contributed by atoms with E-state index in [1.165, 1.54) is 11.8 Å². The summed E-state index contributed by atoms with van der Waals surface area (Å²) < 4.78 is 11.6. The Hall–Kier alpha value is -1.37. The molecule has 3 rings (SSSR count). The summed E-state index contributed by atoms with van der Waals surface area (Å²) in [5, 5.41) is 0. The van der Waals surface area contributed by atoms with Gasteiger partial charge >= 0.3 is 0 Å². The van der Waals surface area contributed by atoms with Crippen molar-refractivity contribution in [3.05, 3.63) is 34.7 Å². The molecule has 0 radical (unpaired) electrons. The van der Waals surface area contributed by atoms with Gasteiger partial charge in [0, 0.05) is 6.61 Å². The minimum absolute atomic E-state index is 0.0237. The quantitative estimate of drug-likeness (QED) is 0.601. The monoisotopic (exact) mass is 349 g/mol. The third kappa shape index (κ3) is 3.94. The summed E-state index contributed by atoms with van der Waals surface area (Å²) >= 11 is 6.71. The number of benzene rings is 1. The van der Waals surface area contributed by atoms with Crippen LogP contribution in [0.1, 0.15) is 25.3 Å². The first-order valence-electron chi connectivity index (χ1n) is 7.77. The van der Waals surface area contributed by atoms with Crippen molar-refractivity contribution in [1.82, 2.24) is 4.90 Å². The van der Waals surface area contributed by atoms with Crippen LogP contribution in [0.5, 0.6) is 5.75 Å². The van der Waals surface area contributed by atoms with Gasteiger partial charge in [-0.15, -0.1) is 0 Å². The normalized spacial score (nSPS) is 23.1. The van der Waals surface area contributed by atoms with Gasteiger partial charge in [-0.1, -0.05) is 36.1 Å². The number of carbonyl (C=O) groups is 1. The van der Waals surface area contributed by atoms with E-state index in [2.05, 4.69) is 0 Å². The van der Waals surface area contributed by atoms with Crippen LogP contribution in [-0.4, -0.2) is 41.0 Å². The molecule has 0 spiro atoms. The van der Waals surface area contributed by atoms with Gasteiger partial charge in [-0.25, -0.2) is 0 Å². The molecule has 1 amide bonds. The SMILES string of the molecule is CCOc1ccc(/C=C2\SC(=S)N(C[C@H]3CCCO3)C2=O)cc1. The predicted octanol–water partition coefficient (Wildman–Crippen LogP) is 3.47. The number of carbonyl (C=O) groups excluding carboxylic acids is 1. The molecule has 0 unspecified atom stereocenters. The summed E-state index contributed by atoms with van der Waals surface area (Å²) in [5.74, 6) is 0.806. The Morgan fingerprint density at radius 3 is 2.87 bits per heavy atom. The van der Waals surface area contributed by atoms with Crippen LogP contribution in [0, 0.1) is 0 Å². The van der Waals surface area contributed by atoms with E-state index in [1.54, 1.807) is 4.90 Å². The Morgan fingerprint density at radius 1 is 1.43 bits per heavy atom. The third-order valence-corrected chi connectivity index (χ3v) is 5.15. The Balaban J connectivity index is 1.70. The van der Waals surface area contributed by atoms with E-state index in [9.17, 15) is 4.79 Å². The lowest BCUT2D eigenvalue weighted by atomic mass is 10.2. The van der Waals surface area contributed by atoms with E-state index in [1.807, 2.05) is 37.3 Å². The van der Waals surface area contributed by atoms with Crippen molar-refractivity contribution in [1.29, 1.82) is 0 Å². The van der Waals surface area contributed by atoms with Gasteiger partial charge < -0.3 is 9.47 Å². The molecule has 6 heteroatoms. The van der Waals surface area contributed by atoms with Crippen LogP contribution < -0.4 is 4.74 Å². The highest BCUT2D eigenvalue weighted by atomic mass is 32.2. The zero-order valence-electron chi connectivity index (χ0n) is 13.0. The number of hydrogen-bond donors (Lipinski definition) is 0. The van der Waals surface area contributed by atoms with Gasteiger partial charge in [0.2, 0.25) is 0 Å². The second-order valence-corrected chi connectivity index (χ2v) is 7.11. The van der Waals surface area contributed by atoms with Crippen molar-refractivity contribution < 1.29 is 14.3 Å². The lowest BCUT2D eigenvalue weighted by Crippen LogP contribution is -2.35. The highest BCUT2D eigenvalue weighted by Crippen LogP contribution is 2.33. The standard InChI is InChI=1S/C17H19NO3S2/c1-2-20-13-7-5-12(6-8-13)10-15-16(19)18(17(22)23-15)11-14-4-3-9-21-14/h5-8,10,14H,2-4,9,11H2,1H3/b15-10-/t14-/m1/s1. The van der Waals surface area contributed by atoms with E-state index in [-0.39, 0.29) is 12.0 Å². The summed E-state index contributed by atoms with van der Waals surface area (Å²) in [6.07, 6.45) is 4.04. The smallest absolute Gasteiger partial charge is 0.266 e. The highest BCUT2D eigenvalue weighted by Gasteiger charge is 2.34. The molecule has 0 saturated carbocycles. The Morgan fingerprint density at radius 2 is 2.22 bits per heavy atom. The molecule has 2 heterocycles. The van der Waals surface area contributed by atoms with Crippen LogP contribution >= 0.6 is 24.0 Å². The molecule has 0 aromatic heterocycles. The molecule has 0 N–H and O–H groups in total. The summed E-state index contributed by atoms with van der Waals surface area (Å²) in [6.45, 7) is 3.93. The lowest BCUT2D eigenvalue weighted by molar-refractivity contribution is -0.123. The number of ether oxygens (including phenoxy) is 2. The van der Waals surface area contributed by atoms with Crippen LogP contribution in [0.15, 0.2) is 29.2 Å². The Labute approximate surface area is 145 Å². The van der Waals surface area contributed by atoms with Crippen molar-refractivity contribution in [2.24, 2.45) is 0 Å². The maximum Gasteiger partial charge on any atom is 0.266 e. The van der Waals surface area contributed by atoms with Crippen molar-refractivity contribution >= 4 is 40.3 Å². The largest absolute Gasteiger partial charge is 0.494 e. The molecule has 2 aliphatic heterocycles. The summed E-state index contributed by atoms with van der Waals surface area (Å²) in [4.78, 5) is 14.9. The van der Waals surface area contributed by atoms with Crippen LogP contribution in [0.25, 0.3) is 6.08 Å². The molecule has 1 atom stereocenters. The first-order chi connectivity index (χ1) is 11.2. The number of nitrogens with zero attached hydrogens (tertiary/aromatic N) is 1. The molecule has 23 heavy (non-hydrogen) atoms. The van der Waals surface area contributed by atoms with E-state index >= 15 is 0 Å². The van der Waals surface area contributed by atoms with E-state index in [0.29, 0.717) is 22.4 Å². The van der Waals surface area contributed by atoms with Crippen LogP contribution in [0.4, 0.5) is 0 Å². The Kier molecular flexibility index (Phi) is 5.35. The summed E-state index contributed by atoms with van der Waals surface area (Å²) in [5.41, 5.74) is 0.964. The van der Waals surface area contributed by atoms with Gasteiger partial charge in [0.05, 0.1) is 24.2 Å². The first kappa shape index (κ1) is 16.5. The predicted molar refractivity (Wildman–Crippen MR) is 96.5 cm³/mol. The van der Waals surface area contributed by atoms with Gasteiger partial charge in [-0.05, 0) is 43.5 Å². The molecule has 2 fully saturated rings. The van der Waals surface area contributed by atoms with Gasteiger partial charge in [-0.3, -0.25) is 9.69 Å². The molecule has 2 aliphatic rings. The summed E-state index contributed by atoms with van der Waals surface area (Å²) in [6, 6.07) is 7.69. The maximum atomic E-state index is 12.5.